The molecule has 2 rings (SSSR count). The van der Waals surface area contributed by atoms with E-state index in [0.717, 1.165) is 5.56 Å². The second-order valence-electron chi connectivity index (χ2n) is 4.92. The van der Waals surface area contributed by atoms with Gasteiger partial charge < -0.3 is 20.5 Å². The fourth-order valence-corrected chi connectivity index (χ4v) is 2.32. The average Bonchev–Trinajstić information content (AvgIpc) is 3.00. The van der Waals surface area contributed by atoms with Crippen molar-refractivity contribution in [3.05, 3.63) is 35.4 Å². The van der Waals surface area contributed by atoms with Crippen LogP contribution in [0.1, 0.15) is 12.5 Å². The number of anilines is 1. The summed E-state index contributed by atoms with van der Waals surface area (Å²) in [5.74, 6) is 0.614. The molecule has 0 unspecified atom stereocenters. The molecule has 0 fully saturated rings. The van der Waals surface area contributed by atoms with Crippen LogP contribution in [-0.4, -0.2) is 39.3 Å². The van der Waals surface area contributed by atoms with Crippen molar-refractivity contribution in [2.75, 3.05) is 18.5 Å². The third-order valence-electron chi connectivity index (χ3n) is 3.01. The Bertz CT molecular complexity index is 749. The van der Waals surface area contributed by atoms with Crippen LogP contribution in [0.4, 0.5) is 5.95 Å². The highest BCUT2D eigenvalue weighted by atomic mass is 35.5. The quantitative estimate of drug-likeness (QED) is 0.610. The van der Waals surface area contributed by atoms with Crippen LogP contribution in [0, 0.1) is 0 Å². The number of nitrogens with one attached hydrogen (secondary N) is 1. The molecule has 3 N–H and O–H groups in total. The summed E-state index contributed by atoms with van der Waals surface area (Å²) in [5.41, 5.74) is 5.93. The first kappa shape index (κ1) is 18.5. The molecule has 9 nitrogen and oxygen atoms in total. The molecule has 134 valence electrons. The number of carbonyl (C=O) groups excluding carboxylic acids is 1. The van der Waals surface area contributed by atoms with Gasteiger partial charge in [-0.05, 0) is 35.0 Å². The van der Waals surface area contributed by atoms with Gasteiger partial charge in [0.1, 0.15) is 0 Å². The molecule has 0 aliphatic heterocycles. The monoisotopic (exact) mass is 366 g/mol. The number of nitrogens with two attached hydrogens (primary N) is 1. The van der Waals surface area contributed by atoms with Crippen molar-refractivity contribution in [1.29, 1.82) is 0 Å². The number of hydrogen-bond donors (Lipinski definition) is 2. The van der Waals surface area contributed by atoms with Crippen molar-refractivity contribution in [2.24, 2.45) is 5.73 Å². The van der Waals surface area contributed by atoms with Crippen LogP contribution >= 0.6 is 11.6 Å². The van der Waals surface area contributed by atoms with Gasteiger partial charge in [-0.15, -0.1) is 6.58 Å². The number of hydrogen-bond acceptors (Lipinski definition) is 7. The molecule has 0 saturated carbocycles. The summed E-state index contributed by atoms with van der Waals surface area (Å²) in [4.78, 5) is 10.9. The lowest BCUT2D eigenvalue weighted by Gasteiger charge is -2.15. The number of ether oxygens (including phenoxy) is 2. The number of tetrazole rings is 1. The zero-order valence-corrected chi connectivity index (χ0v) is 14.5. The lowest BCUT2D eigenvalue weighted by Crippen LogP contribution is -2.20. The van der Waals surface area contributed by atoms with Crippen LogP contribution in [-0.2, 0) is 17.9 Å². The minimum atomic E-state index is -0.599. The Balaban J connectivity index is 2.16. The summed E-state index contributed by atoms with van der Waals surface area (Å²) in [5, 5.41) is 14.8. The Hall–Kier alpha value is -2.81. The summed E-state index contributed by atoms with van der Waals surface area (Å²) in [7, 11) is 0. The van der Waals surface area contributed by atoms with Gasteiger partial charge in [0.15, 0.2) is 18.1 Å². The lowest BCUT2D eigenvalue weighted by molar-refractivity contribution is -0.119. The van der Waals surface area contributed by atoms with Crippen molar-refractivity contribution >= 4 is 23.5 Å². The molecular formula is C15H19ClN6O3. The fraction of sp³-hybridized carbons (Fsp3) is 0.333. The smallest absolute Gasteiger partial charge is 0.255 e. The number of benzene rings is 1. The van der Waals surface area contributed by atoms with E-state index >= 15 is 0 Å². The van der Waals surface area contributed by atoms with Gasteiger partial charge in [-0.1, -0.05) is 22.8 Å². The molecule has 1 aromatic carbocycles. The van der Waals surface area contributed by atoms with Gasteiger partial charge in [-0.2, -0.15) is 0 Å². The maximum Gasteiger partial charge on any atom is 0.255 e. The number of primary amides is 1. The van der Waals surface area contributed by atoms with Gasteiger partial charge in [0.2, 0.25) is 5.95 Å². The van der Waals surface area contributed by atoms with E-state index in [9.17, 15) is 4.79 Å². The molecular weight excluding hydrogens is 348 g/mol. The predicted molar refractivity (Wildman–Crippen MR) is 92.7 cm³/mol. The molecule has 1 aromatic heterocycles. The summed E-state index contributed by atoms with van der Waals surface area (Å²) in [6.07, 6.45) is 1.69. The minimum Gasteiger partial charge on any atom is -0.490 e. The van der Waals surface area contributed by atoms with Crippen LogP contribution in [0.5, 0.6) is 11.5 Å². The summed E-state index contributed by atoms with van der Waals surface area (Å²) < 4.78 is 12.5. The summed E-state index contributed by atoms with van der Waals surface area (Å²) >= 11 is 6.25. The Morgan fingerprint density at radius 1 is 1.48 bits per heavy atom. The standard InChI is InChI=1S/C15H19ClN6O3/c1-3-5-22-15(19-20-21-22)18-8-10-6-11(16)14(25-9-13(17)23)12(7-10)24-4-2/h3,6-7H,1,4-5,8-9H2,2H3,(H2,17,23)(H,18,19,21). The maximum absolute atomic E-state index is 10.9. The van der Waals surface area contributed by atoms with Gasteiger partial charge in [0, 0.05) is 6.54 Å². The second-order valence-corrected chi connectivity index (χ2v) is 5.33. The van der Waals surface area contributed by atoms with E-state index in [0.29, 0.717) is 36.4 Å². The van der Waals surface area contributed by atoms with Gasteiger partial charge in [-0.25, -0.2) is 4.68 Å². The van der Waals surface area contributed by atoms with Crippen LogP contribution in [0.3, 0.4) is 0 Å². The van der Waals surface area contributed by atoms with Crippen LogP contribution in [0.15, 0.2) is 24.8 Å². The maximum atomic E-state index is 10.9. The van der Waals surface area contributed by atoms with Gasteiger partial charge in [-0.3, -0.25) is 4.79 Å². The van der Waals surface area contributed by atoms with E-state index in [2.05, 4.69) is 27.4 Å². The molecule has 10 heteroatoms. The molecule has 25 heavy (non-hydrogen) atoms. The first-order valence-corrected chi connectivity index (χ1v) is 7.90. The van der Waals surface area contributed by atoms with E-state index in [1.165, 1.54) is 0 Å². The largest absolute Gasteiger partial charge is 0.490 e. The van der Waals surface area contributed by atoms with Crippen LogP contribution < -0.4 is 20.5 Å². The number of carbonyl (C=O) groups is 1. The van der Waals surface area contributed by atoms with E-state index < -0.39 is 5.91 Å². The van der Waals surface area contributed by atoms with E-state index in [1.807, 2.05) is 6.92 Å². The molecule has 1 amide bonds. The van der Waals surface area contributed by atoms with E-state index in [4.69, 9.17) is 26.8 Å². The van der Waals surface area contributed by atoms with Crippen molar-refractivity contribution in [3.8, 4) is 11.5 Å². The topological polar surface area (TPSA) is 117 Å². The summed E-state index contributed by atoms with van der Waals surface area (Å²) in [6.45, 7) is 6.51. The van der Waals surface area contributed by atoms with Gasteiger partial charge in [0.05, 0.1) is 18.2 Å². The molecule has 2 aromatic rings. The first-order valence-electron chi connectivity index (χ1n) is 7.52. The number of allylic oxidation sites excluding steroid dienone is 1. The minimum absolute atomic E-state index is 0.280. The van der Waals surface area contributed by atoms with Crippen molar-refractivity contribution < 1.29 is 14.3 Å². The molecule has 0 saturated heterocycles. The Labute approximate surface area is 149 Å². The van der Waals surface area contributed by atoms with Crippen molar-refractivity contribution in [3.63, 3.8) is 0 Å². The third kappa shape index (κ3) is 5.08. The number of rotatable bonds is 10. The highest BCUT2D eigenvalue weighted by molar-refractivity contribution is 6.32. The van der Waals surface area contributed by atoms with Crippen molar-refractivity contribution in [2.45, 2.75) is 20.0 Å². The van der Waals surface area contributed by atoms with E-state index in [1.54, 1.807) is 22.9 Å². The third-order valence-corrected chi connectivity index (χ3v) is 3.29. The second kappa shape index (κ2) is 8.88. The van der Waals surface area contributed by atoms with Crippen LogP contribution in [0.25, 0.3) is 0 Å². The Morgan fingerprint density at radius 3 is 2.96 bits per heavy atom. The molecule has 0 aliphatic rings. The van der Waals surface area contributed by atoms with Crippen LogP contribution in [0.2, 0.25) is 5.02 Å². The first-order chi connectivity index (χ1) is 12.0. The van der Waals surface area contributed by atoms with Crippen molar-refractivity contribution in [1.82, 2.24) is 20.2 Å². The number of aromatic nitrogens is 4. The molecule has 0 atom stereocenters. The Morgan fingerprint density at radius 2 is 2.28 bits per heavy atom. The molecule has 1 heterocycles. The lowest BCUT2D eigenvalue weighted by atomic mass is 10.2. The zero-order valence-electron chi connectivity index (χ0n) is 13.7. The molecule has 0 aliphatic carbocycles. The number of amides is 1. The fourth-order valence-electron chi connectivity index (χ4n) is 2.03. The summed E-state index contributed by atoms with van der Waals surface area (Å²) in [6, 6.07) is 3.47. The molecule has 0 radical (unpaired) electrons. The normalized spacial score (nSPS) is 10.3. The van der Waals surface area contributed by atoms with Gasteiger partial charge >= 0.3 is 0 Å². The molecule has 0 spiro atoms. The highest BCUT2D eigenvalue weighted by Crippen LogP contribution is 2.36. The average molecular weight is 367 g/mol. The van der Waals surface area contributed by atoms with Gasteiger partial charge in [0.25, 0.3) is 5.91 Å². The number of halogens is 1. The SMILES string of the molecule is C=CCn1nnnc1NCc1cc(Cl)c(OCC(N)=O)c(OCC)c1. The predicted octanol–water partition coefficient (Wildman–Crippen LogP) is 1.39. The zero-order chi connectivity index (χ0) is 18.2. The Kier molecular flexibility index (Phi) is 6.58. The molecule has 0 bridgehead atoms. The van der Waals surface area contributed by atoms with E-state index in [-0.39, 0.29) is 12.4 Å². The highest BCUT2D eigenvalue weighted by Gasteiger charge is 2.14. The number of nitrogens with zero attached hydrogens (tertiary/aromatic N) is 4.